The van der Waals surface area contributed by atoms with Crippen molar-refractivity contribution in [2.75, 3.05) is 13.7 Å². The highest BCUT2D eigenvalue weighted by molar-refractivity contribution is 5.87. The Morgan fingerprint density at radius 3 is 2.61 bits per heavy atom. The highest BCUT2D eigenvalue weighted by Crippen LogP contribution is 2.35. The van der Waals surface area contributed by atoms with Crippen LogP contribution in [-0.4, -0.2) is 24.8 Å². The average Bonchev–Trinajstić information content (AvgIpc) is 3.10. The van der Waals surface area contributed by atoms with Gasteiger partial charge in [-0.3, -0.25) is 4.79 Å². The van der Waals surface area contributed by atoms with Crippen LogP contribution in [0.15, 0.2) is 51.7 Å². The Kier molecular flexibility index (Phi) is 4.61. The highest BCUT2D eigenvalue weighted by Gasteiger charge is 2.24. The first-order valence-electron chi connectivity index (χ1n) is 8.84. The Labute approximate surface area is 160 Å². The summed E-state index contributed by atoms with van der Waals surface area (Å²) in [5.41, 5.74) is 2.95. The standard InChI is InChI=1S/C22H18O6/c1-26-15-5-2-13(3-6-15)10-14-4-8-18-21(25)17-9-7-16(27-12-20(23)24)11-19(17)28-22(14)18/h2-3,5-7,9-11H,4,8,12H2,1H3,(H,23,24). The van der Waals surface area contributed by atoms with Gasteiger partial charge in [-0.15, -0.1) is 0 Å². The number of aliphatic carboxylic acids is 1. The summed E-state index contributed by atoms with van der Waals surface area (Å²) >= 11 is 0. The van der Waals surface area contributed by atoms with E-state index in [2.05, 4.69) is 0 Å². The van der Waals surface area contributed by atoms with Crippen molar-refractivity contribution >= 4 is 28.6 Å². The number of carbonyl (C=O) groups is 1. The molecule has 1 aliphatic rings. The van der Waals surface area contributed by atoms with E-state index >= 15 is 0 Å². The number of methoxy groups -OCH3 is 1. The minimum Gasteiger partial charge on any atom is -0.497 e. The molecule has 0 saturated carbocycles. The third-order valence-electron chi connectivity index (χ3n) is 4.71. The first-order chi connectivity index (χ1) is 13.5. The molecule has 3 aromatic rings. The van der Waals surface area contributed by atoms with Crippen LogP contribution in [0, 0.1) is 0 Å². The van der Waals surface area contributed by atoms with Crippen LogP contribution in [0.1, 0.15) is 23.3 Å². The smallest absolute Gasteiger partial charge is 0.341 e. The molecular weight excluding hydrogens is 360 g/mol. The van der Waals surface area contributed by atoms with Crippen LogP contribution >= 0.6 is 0 Å². The van der Waals surface area contributed by atoms with Gasteiger partial charge < -0.3 is 19.0 Å². The lowest BCUT2D eigenvalue weighted by Gasteiger charge is -2.07. The Morgan fingerprint density at radius 2 is 1.89 bits per heavy atom. The molecule has 1 heterocycles. The molecule has 1 N–H and O–H groups in total. The fraction of sp³-hybridized carbons (Fsp3) is 0.182. The topological polar surface area (TPSA) is 86.0 Å². The summed E-state index contributed by atoms with van der Waals surface area (Å²) in [6.45, 7) is -0.455. The van der Waals surface area contributed by atoms with Gasteiger partial charge in [0.05, 0.1) is 12.5 Å². The molecule has 0 atom stereocenters. The van der Waals surface area contributed by atoms with Crippen molar-refractivity contribution in [3.05, 3.63) is 69.6 Å². The van der Waals surface area contributed by atoms with E-state index in [0.29, 0.717) is 34.5 Å². The van der Waals surface area contributed by atoms with Crippen LogP contribution in [0.3, 0.4) is 0 Å². The summed E-state index contributed by atoms with van der Waals surface area (Å²) in [6.07, 6.45) is 3.36. The summed E-state index contributed by atoms with van der Waals surface area (Å²) in [5.74, 6) is 0.640. The molecule has 1 aromatic heterocycles. The minimum absolute atomic E-state index is 0.0563. The van der Waals surface area contributed by atoms with Gasteiger partial charge in [-0.1, -0.05) is 12.1 Å². The van der Waals surface area contributed by atoms with Crippen molar-refractivity contribution in [3.8, 4) is 11.5 Å². The number of carboxylic acids is 1. The summed E-state index contributed by atoms with van der Waals surface area (Å²) in [7, 11) is 1.62. The van der Waals surface area contributed by atoms with Crippen molar-refractivity contribution in [1.29, 1.82) is 0 Å². The van der Waals surface area contributed by atoms with Crippen LogP contribution < -0.4 is 14.9 Å². The Morgan fingerprint density at radius 1 is 1.14 bits per heavy atom. The number of fused-ring (bicyclic) bond motifs is 2. The van der Waals surface area contributed by atoms with Crippen molar-refractivity contribution in [2.45, 2.75) is 12.8 Å². The van der Waals surface area contributed by atoms with Gasteiger partial charge in [-0.05, 0) is 54.3 Å². The van der Waals surface area contributed by atoms with Gasteiger partial charge in [0, 0.05) is 11.6 Å². The van der Waals surface area contributed by atoms with Gasteiger partial charge in [-0.25, -0.2) is 4.79 Å². The van der Waals surface area contributed by atoms with E-state index in [1.807, 2.05) is 30.3 Å². The number of benzene rings is 2. The van der Waals surface area contributed by atoms with E-state index in [0.717, 1.165) is 23.3 Å². The molecule has 4 rings (SSSR count). The lowest BCUT2D eigenvalue weighted by molar-refractivity contribution is -0.139. The van der Waals surface area contributed by atoms with Crippen molar-refractivity contribution in [2.24, 2.45) is 0 Å². The monoisotopic (exact) mass is 378 g/mol. The largest absolute Gasteiger partial charge is 0.497 e. The molecule has 0 radical (unpaired) electrons. The van der Waals surface area contributed by atoms with Crippen LogP contribution in [-0.2, 0) is 11.2 Å². The molecule has 1 aliphatic carbocycles. The molecule has 0 fully saturated rings. The van der Waals surface area contributed by atoms with Gasteiger partial charge in [0.15, 0.2) is 12.0 Å². The second kappa shape index (κ2) is 7.23. The molecule has 6 heteroatoms. The van der Waals surface area contributed by atoms with E-state index in [4.69, 9.17) is 19.0 Å². The predicted octanol–water partition coefficient (Wildman–Crippen LogP) is 3.75. The number of ether oxygens (including phenoxy) is 2. The molecule has 0 unspecified atom stereocenters. The fourth-order valence-corrected chi connectivity index (χ4v) is 3.35. The zero-order chi connectivity index (χ0) is 19.7. The third-order valence-corrected chi connectivity index (χ3v) is 4.71. The zero-order valence-electron chi connectivity index (χ0n) is 15.2. The molecule has 0 aliphatic heterocycles. The zero-order valence-corrected chi connectivity index (χ0v) is 15.2. The number of rotatable bonds is 5. The second-order valence-corrected chi connectivity index (χ2v) is 6.52. The van der Waals surface area contributed by atoms with Crippen LogP contribution in [0.2, 0.25) is 0 Å². The van der Waals surface area contributed by atoms with Gasteiger partial charge in [0.1, 0.15) is 22.8 Å². The van der Waals surface area contributed by atoms with E-state index < -0.39 is 12.6 Å². The Bertz CT molecular complexity index is 1140. The summed E-state index contributed by atoms with van der Waals surface area (Å²) in [5, 5.41) is 9.22. The molecule has 0 bridgehead atoms. The van der Waals surface area contributed by atoms with Crippen molar-refractivity contribution in [3.63, 3.8) is 0 Å². The second-order valence-electron chi connectivity index (χ2n) is 6.52. The molecule has 2 aromatic carbocycles. The van der Waals surface area contributed by atoms with Crippen LogP contribution in [0.25, 0.3) is 22.6 Å². The maximum absolute atomic E-state index is 12.8. The van der Waals surface area contributed by atoms with Crippen molar-refractivity contribution in [1.82, 2.24) is 0 Å². The fourth-order valence-electron chi connectivity index (χ4n) is 3.35. The molecule has 142 valence electrons. The summed E-state index contributed by atoms with van der Waals surface area (Å²) < 4.78 is 16.4. The first kappa shape index (κ1) is 17.9. The summed E-state index contributed by atoms with van der Waals surface area (Å²) in [4.78, 5) is 23.5. The normalized spacial score (nSPS) is 14.2. The first-order valence-corrected chi connectivity index (χ1v) is 8.84. The number of allylic oxidation sites excluding steroid dienone is 1. The Hall–Kier alpha value is -3.54. The number of hydrogen-bond donors (Lipinski definition) is 1. The maximum Gasteiger partial charge on any atom is 0.341 e. The lowest BCUT2D eigenvalue weighted by atomic mass is 10.1. The molecule has 0 amide bonds. The van der Waals surface area contributed by atoms with Gasteiger partial charge in [0.2, 0.25) is 0 Å². The summed E-state index contributed by atoms with van der Waals surface area (Å²) in [6, 6.07) is 12.4. The van der Waals surface area contributed by atoms with Gasteiger partial charge >= 0.3 is 5.97 Å². The van der Waals surface area contributed by atoms with Crippen LogP contribution in [0.4, 0.5) is 0 Å². The minimum atomic E-state index is -1.07. The average molecular weight is 378 g/mol. The lowest BCUT2D eigenvalue weighted by Crippen LogP contribution is -2.10. The molecular formula is C22H18O6. The molecule has 0 saturated heterocycles. The highest BCUT2D eigenvalue weighted by atomic mass is 16.5. The van der Waals surface area contributed by atoms with E-state index in [1.165, 1.54) is 0 Å². The molecule has 28 heavy (non-hydrogen) atoms. The predicted molar refractivity (Wildman–Crippen MR) is 105 cm³/mol. The van der Waals surface area contributed by atoms with E-state index in [1.54, 1.807) is 25.3 Å². The van der Waals surface area contributed by atoms with Crippen molar-refractivity contribution < 1.29 is 23.8 Å². The maximum atomic E-state index is 12.8. The SMILES string of the molecule is COc1ccc(C=C2CCc3c2oc2cc(OCC(=O)O)ccc2c3=O)cc1. The quantitative estimate of drug-likeness (QED) is 0.728. The van der Waals surface area contributed by atoms with Gasteiger partial charge in [-0.2, -0.15) is 0 Å². The molecule has 0 spiro atoms. The number of hydrogen-bond acceptors (Lipinski definition) is 5. The van der Waals surface area contributed by atoms with Gasteiger partial charge in [0.25, 0.3) is 0 Å². The van der Waals surface area contributed by atoms with E-state index in [-0.39, 0.29) is 5.43 Å². The van der Waals surface area contributed by atoms with Crippen LogP contribution in [0.5, 0.6) is 11.5 Å². The Balaban J connectivity index is 1.74. The van der Waals surface area contributed by atoms with E-state index in [9.17, 15) is 9.59 Å². The number of carboxylic acid groups (broad SMARTS) is 1. The third kappa shape index (κ3) is 3.36. The molecule has 6 nitrogen and oxygen atoms in total.